The van der Waals surface area contributed by atoms with Crippen molar-refractivity contribution in [2.45, 2.75) is 20.3 Å². The topological polar surface area (TPSA) is 53.9 Å². The fourth-order valence-electron chi connectivity index (χ4n) is 1.09. The van der Waals surface area contributed by atoms with Crippen LogP contribution in [0.25, 0.3) is 0 Å². The monoisotopic (exact) mass is 243 g/mol. The van der Waals surface area contributed by atoms with Crippen molar-refractivity contribution in [2.75, 3.05) is 30.9 Å². The molecule has 16 heavy (non-hydrogen) atoms. The van der Waals surface area contributed by atoms with Crippen LogP contribution in [0.4, 0.5) is 11.9 Å². The summed E-state index contributed by atoms with van der Waals surface area (Å²) in [6.07, 6.45) is 1.07. The first-order chi connectivity index (χ1) is 7.49. The maximum Gasteiger partial charge on any atom is 0.230 e. The largest absolute Gasteiger partial charge is 0.354 e. The molecule has 90 valence electrons. The zero-order valence-electron chi connectivity index (χ0n) is 10.2. The van der Waals surface area contributed by atoms with Gasteiger partial charge in [-0.15, -0.1) is 0 Å². The van der Waals surface area contributed by atoms with E-state index in [4.69, 9.17) is 11.6 Å². The van der Waals surface area contributed by atoms with Gasteiger partial charge in [0.1, 0.15) is 0 Å². The van der Waals surface area contributed by atoms with Gasteiger partial charge in [0, 0.05) is 20.6 Å². The highest BCUT2D eigenvalue weighted by atomic mass is 35.5. The molecule has 0 saturated carbocycles. The fourth-order valence-corrected chi connectivity index (χ4v) is 1.25. The van der Waals surface area contributed by atoms with Crippen LogP contribution in [0.3, 0.4) is 0 Å². The lowest BCUT2D eigenvalue weighted by Crippen LogP contribution is -2.16. The number of nitrogens with one attached hydrogen (secondary N) is 1. The third-order valence-electron chi connectivity index (χ3n) is 2.00. The Balaban J connectivity index is 2.65. The van der Waals surface area contributed by atoms with Gasteiger partial charge in [0.25, 0.3) is 0 Å². The summed E-state index contributed by atoms with van der Waals surface area (Å²) < 4.78 is 0. The van der Waals surface area contributed by atoms with Crippen molar-refractivity contribution >= 4 is 23.5 Å². The Morgan fingerprint density at radius 1 is 1.25 bits per heavy atom. The van der Waals surface area contributed by atoms with E-state index >= 15 is 0 Å². The lowest BCUT2D eigenvalue weighted by molar-refractivity contribution is 0.605. The number of halogens is 1. The molecule has 0 aromatic carbocycles. The van der Waals surface area contributed by atoms with E-state index in [1.54, 1.807) is 4.90 Å². The molecule has 1 N–H and O–H groups in total. The van der Waals surface area contributed by atoms with Crippen LogP contribution in [0.5, 0.6) is 0 Å². The van der Waals surface area contributed by atoms with E-state index in [1.807, 2.05) is 14.1 Å². The third-order valence-corrected chi connectivity index (χ3v) is 2.17. The molecule has 5 nitrogen and oxygen atoms in total. The number of hydrogen-bond acceptors (Lipinski definition) is 5. The van der Waals surface area contributed by atoms with E-state index in [1.165, 1.54) is 0 Å². The van der Waals surface area contributed by atoms with Crippen molar-refractivity contribution in [3.8, 4) is 0 Å². The molecule has 1 aromatic rings. The molecule has 0 spiro atoms. The highest BCUT2D eigenvalue weighted by Gasteiger charge is 2.06. The molecule has 0 amide bonds. The minimum Gasteiger partial charge on any atom is -0.354 e. The third kappa shape index (κ3) is 4.18. The summed E-state index contributed by atoms with van der Waals surface area (Å²) in [7, 11) is 3.73. The molecule has 0 atom stereocenters. The molecule has 0 aliphatic rings. The van der Waals surface area contributed by atoms with Gasteiger partial charge in [-0.1, -0.05) is 13.8 Å². The molecule has 0 aliphatic carbocycles. The van der Waals surface area contributed by atoms with Gasteiger partial charge in [0.2, 0.25) is 17.2 Å². The van der Waals surface area contributed by atoms with E-state index in [0.717, 1.165) is 13.0 Å². The Morgan fingerprint density at radius 2 is 1.94 bits per heavy atom. The summed E-state index contributed by atoms with van der Waals surface area (Å²) in [5.74, 6) is 1.74. The van der Waals surface area contributed by atoms with Crippen LogP contribution in [0.2, 0.25) is 5.28 Å². The summed E-state index contributed by atoms with van der Waals surface area (Å²) in [6, 6.07) is 0. The first-order valence-corrected chi connectivity index (χ1v) is 5.69. The van der Waals surface area contributed by atoms with Crippen LogP contribution >= 0.6 is 11.6 Å². The van der Waals surface area contributed by atoms with Gasteiger partial charge >= 0.3 is 0 Å². The predicted octanol–water partition coefficient (Wildman–Crippen LogP) is 2.05. The Bertz CT molecular complexity index is 340. The zero-order chi connectivity index (χ0) is 12.1. The fraction of sp³-hybridized carbons (Fsp3) is 0.700. The van der Waals surface area contributed by atoms with Crippen molar-refractivity contribution in [1.82, 2.24) is 15.0 Å². The zero-order valence-corrected chi connectivity index (χ0v) is 10.9. The Labute approximate surface area is 101 Å². The average Bonchev–Trinajstić information content (AvgIpc) is 2.16. The van der Waals surface area contributed by atoms with Gasteiger partial charge < -0.3 is 10.2 Å². The van der Waals surface area contributed by atoms with E-state index < -0.39 is 0 Å². The van der Waals surface area contributed by atoms with E-state index in [2.05, 4.69) is 34.1 Å². The van der Waals surface area contributed by atoms with E-state index in [0.29, 0.717) is 17.8 Å². The van der Waals surface area contributed by atoms with Gasteiger partial charge in [-0.2, -0.15) is 15.0 Å². The van der Waals surface area contributed by atoms with Crippen LogP contribution < -0.4 is 10.2 Å². The molecule has 0 unspecified atom stereocenters. The molecular formula is C10H18ClN5. The molecular weight excluding hydrogens is 226 g/mol. The van der Waals surface area contributed by atoms with Gasteiger partial charge in [-0.25, -0.2) is 0 Å². The van der Waals surface area contributed by atoms with Crippen molar-refractivity contribution in [1.29, 1.82) is 0 Å². The highest BCUT2D eigenvalue weighted by molar-refractivity contribution is 6.28. The molecule has 0 fully saturated rings. The highest BCUT2D eigenvalue weighted by Crippen LogP contribution is 2.11. The average molecular weight is 244 g/mol. The van der Waals surface area contributed by atoms with Crippen molar-refractivity contribution in [3.05, 3.63) is 5.28 Å². The van der Waals surface area contributed by atoms with Crippen LogP contribution in [0.15, 0.2) is 0 Å². The van der Waals surface area contributed by atoms with Crippen molar-refractivity contribution in [2.24, 2.45) is 5.92 Å². The minimum atomic E-state index is 0.214. The smallest absolute Gasteiger partial charge is 0.230 e. The second-order valence-electron chi connectivity index (χ2n) is 4.23. The summed E-state index contributed by atoms with van der Waals surface area (Å²) in [5.41, 5.74) is 0. The summed E-state index contributed by atoms with van der Waals surface area (Å²) in [4.78, 5) is 14.1. The Kier molecular flexibility index (Phi) is 4.73. The van der Waals surface area contributed by atoms with Crippen LogP contribution in [0.1, 0.15) is 20.3 Å². The summed E-state index contributed by atoms with van der Waals surface area (Å²) in [5, 5.41) is 3.35. The van der Waals surface area contributed by atoms with Gasteiger partial charge in [-0.3, -0.25) is 0 Å². The van der Waals surface area contributed by atoms with Gasteiger partial charge in [0.15, 0.2) is 0 Å². The Morgan fingerprint density at radius 3 is 2.50 bits per heavy atom. The number of rotatable bonds is 5. The number of anilines is 2. The van der Waals surface area contributed by atoms with E-state index in [-0.39, 0.29) is 5.28 Å². The molecule has 0 saturated heterocycles. The van der Waals surface area contributed by atoms with Gasteiger partial charge in [0.05, 0.1) is 0 Å². The second-order valence-corrected chi connectivity index (χ2v) is 4.57. The van der Waals surface area contributed by atoms with Crippen molar-refractivity contribution in [3.63, 3.8) is 0 Å². The van der Waals surface area contributed by atoms with Crippen LogP contribution in [-0.2, 0) is 0 Å². The summed E-state index contributed by atoms with van der Waals surface area (Å²) in [6.45, 7) is 5.19. The second kappa shape index (κ2) is 5.84. The summed E-state index contributed by atoms with van der Waals surface area (Å²) >= 11 is 5.81. The standard InChI is InChI=1S/C10H18ClN5/c1-7(2)5-6-12-9-13-8(11)14-10(15-9)16(3)4/h7H,5-6H2,1-4H3,(H,12,13,14,15). The van der Waals surface area contributed by atoms with Crippen molar-refractivity contribution < 1.29 is 0 Å². The minimum absolute atomic E-state index is 0.214. The molecule has 1 rings (SSSR count). The number of hydrogen-bond donors (Lipinski definition) is 1. The number of nitrogens with zero attached hydrogens (tertiary/aromatic N) is 4. The van der Waals surface area contributed by atoms with E-state index in [9.17, 15) is 0 Å². The quantitative estimate of drug-likeness (QED) is 0.858. The predicted molar refractivity (Wildman–Crippen MR) is 67.1 cm³/mol. The molecule has 1 heterocycles. The molecule has 1 aromatic heterocycles. The van der Waals surface area contributed by atoms with Crippen LogP contribution in [0, 0.1) is 5.92 Å². The lowest BCUT2D eigenvalue weighted by atomic mass is 10.1. The van der Waals surface area contributed by atoms with Gasteiger partial charge in [-0.05, 0) is 23.9 Å². The molecule has 6 heteroatoms. The van der Waals surface area contributed by atoms with Crippen LogP contribution in [-0.4, -0.2) is 35.6 Å². The SMILES string of the molecule is CC(C)CCNc1nc(Cl)nc(N(C)C)n1. The molecule has 0 radical (unpaired) electrons. The Hall–Kier alpha value is -1.10. The maximum atomic E-state index is 5.81. The first-order valence-electron chi connectivity index (χ1n) is 5.32. The molecule has 0 aliphatic heterocycles. The first kappa shape index (κ1) is 13.0. The normalized spacial score (nSPS) is 10.6. The lowest BCUT2D eigenvalue weighted by Gasteiger charge is -2.12. The number of aromatic nitrogens is 3. The maximum absolute atomic E-state index is 5.81. The molecule has 0 bridgehead atoms.